The molecule has 0 nitrogen and oxygen atoms in total. The summed E-state index contributed by atoms with van der Waals surface area (Å²) in [6.07, 6.45) is 0. The van der Waals surface area contributed by atoms with Crippen LogP contribution < -0.4 is 0 Å². The Morgan fingerprint density at radius 3 is 1.50 bits per heavy atom. The van der Waals surface area contributed by atoms with Gasteiger partial charge in [0.2, 0.25) is 0 Å². The molecule has 0 aromatic heterocycles. The van der Waals surface area contributed by atoms with Gasteiger partial charge in [0.25, 0.3) is 0 Å². The van der Waals surface area contributed by atoms with E-state index in [9.17, 15) is 0 Å². The Bertz CT molecular complexity index is 2350. The largest absolute Gasteiger partial charge is 0.0888 e. The highest BCUT2D eigenvalue weighted by molar-refractivity contribution is 8.00. The van der Waals surface area contributed by atoms with E-state index in [0.717, 1.165) is 0 Å². The molecule has 0 unspecified atom stereocenters. The quantitative estimate of drug-likeness (QED) is 0.150. The Labute approximate surface area is 240 Å². The number of hydrogen-bond donors (Lipinski definition) is 0. The average molecular weight is 541 g/mol. The Morgan fingerprint density at radius 2 is 0.825 bits per heavy atom. The van der Waals surface area contributed by atoms with Gasteiger partial charge in [-0.05, 0) is 90.0 Å². The van der Waals surface area contributed by atoms with Crippen molar-refractivity contribution in [3.05, 3.63) is 121 Å². The minimum Gasteiger partial charge on any atom is -0.0888 e. The molecule has 0 fully saturated rings. The van der Waals surface area contributed by atoms with E-state index in [1.807, 2.05) is 23.5 Å². The van der Waals surface area contributed by atoms with E-state index in [1.54, 1.807) is 0 Å². The third-order valence-electron chi connectivity index (χ3n) is 8.82. The smallest absolute Gasteiger partial charge is 0.0207 e. The summed E-state index contributed by atoms with van der Waals surface area (Å²) in [7, 11) is 0. The first-order chi connectivity index (χ1) is 19.8. The van der Waals surface area contributed by atoms with Crippen molar-refractivity contribution in [2.45, 2.75) is 19.6 Å². The van der Waals surface area contributed by atoms with Crippen LogP contribution in [0.15, 0.2) is 141 Å². The van der Waals surface area contributed by atoms with Crippen molar-refractivity contribution in [1.29, 1.82) is 0 Å². The van der Waals surface area contributed by atoms with Gasteiger partial charge in [0.15, 0.2) is 0 Å². The molecule has 2 aliphatic heterocycles. The predicted molar refractivity (Wildman–Crippen MR) is 172 cm³/mol. The molecule has 0 atom stereocenters. The molecule has 2 heteroatoms. The molecule has 8 aromatic rings. The number of fused-ring (bicyclic) bond motifs is 6. The van der Waals surface area contributed by atoms with Gasteiger partial charge in [0.1, 0.15) is 0 Å². The monoisotopic (exact) mass is 540 g/mol. The van der Waals surface area contributed by atoms with Crippen LogP contribution in [-0.2, 0) is 0 Å². The standard InChI is InChI=1S/C38H20S2/c1-2-6-21(7-3-1)22-10-11-24-26-13-15-28-29-16-18-32-37-25(23-8-4-5-9-31(23)39-32)12-14-27(35(29)37)30-17-19-33(38(26)36(28)30)40-34(24)20-22/h1-20H. The Balaban J connectivity index is 1.29. The normalized spacial score (nSPS) is 13.3. The molecule has 2 aliphatic rings. The highest BCUT2D eigenvalue weighted by Crippen LogP contribution is 2.55. The summed E-state index contributed by atoms with van der Waals surface area (Å²) in [5, 5.41) is 11.1. The second-order valence-electron chi connectivity index (χ2n) is 10.8. The second-order valence-corrected chi connectivity index (χ2v) is 13.0. The van der Waals surface area contributed by atoms with E-state index < -0.39 is 0 Å². The summed E-state index contributed by atoms with van der Waals surface area (Å²) in [5.41, 5.74) is 7.93. The zero-order valence-electron chi connectivity index (χ0n) is 21.4. The van der Waals surface area contributed by atoms with Crippen LogP contribution in [0, 0.1) is 0 Å². The molecule has 0 spiro atoms. The maximum absolute atomic E-state index is 2.38. The van der Waals surface area contributed by atoms with Crippen LogP contribution >= 0.6 is 23.5 Å². The van der Waals surface area contributed by atoms with E-state index >= 15 is 0 Å². The summed E-state index contributed by atoms with van der Waals surface area (Å²) in [4.78, 5) is 5.40. The van der Waals surface area contributed by atoms with Crippen molar-refractivity contribution in [2.75, 3.05) is 0 Å². The molecule has 0 radical (unpaired) electrons. The molecule has 0 saturated carbocycles. The molecule has 0 saturated heterocycles. The van der Waals surface area contributed by atoms with Gasteiger partial charge in [-0.3, -0.25) is 0 Å². The Kier molecular flexibility index (Phi) is 4.15. The first-order valence-electron chi connectivity index (χ1n) is 13.7. The van der Waals surface area contributed by atoms with Gasteiger partial charge in [-0.2, -0.15) is 0 Å². The van der Waals surface area contributed by atoms with E-state index in [1.165, 1.54) is 96.1 Å². The van der Waals surface area contributed by atoms with Crippen molar-refractivity contribution >= 4 is 66.6 Å². The first kappa shape index (κ1) is 21.6. The van der Waals surface area contributed by atoms with E-state index in [-0.39, 0.29) is 0 Å². The van der Waals surface area contributed by atoms with Crippen LogP contribution in [0.3, 0.4) is 0 Å². The second kappa shape index (κ2) is 7.69. The van der Waals surface area contributed by atoms with Crippen molar-refractivity contribution in [2.24, 2.45) is 0 Å². The van der Waals surface area contributed by atoms with E-state index in [4.69, 9.17) is 0 Å². The summed E-state index contributed by atoms with van der Waals surface area (Å²) < 4.78 is 0. The molecular weight excluding hydrogens is 521 g/mol. The van der Waals surface area contributed by atoms with Gasteiger partial charge in [-0.25, -0.2) is 0 Å². The first-order valence-corrected chi connectivity index (χ1v) is 15.3. The lowest BCUT2D eigenvalue weighted by molar-refractivity contribution is 1.40. The lowest BCUT2D eigenvalue weighted by Gasteiger charge is -2.26. The number of rotatable bonds is 1. The van der Waals surface area contributed by atoms with Crippen molar-refractivity contribution in [1.82, 2.24) is 0 Å². The maximum Gasteiger partial charge on any atom is 0.0207 e. The fourth-order valence-corrected chi connectivity index (χ4v) is 9.38. The van der Waals surface area contributed by atoms with Gasteiger partial charge in [-0.1, -0.05) is 121 Å². The van der Waals surface area contributed by atoms with Gasteiger partial charge in [0, 0.05) is 30.4 Å². The van der Waals surface area contributed by atoms with E-state index in [0.29, 0.717) is 0 Å². The fraction of sp³-hybridized carbons (Fsp3) is 0. The van der Waals surface area contributed by atoms with Crippen LogP contribution in [-0.4, -0.2) is 0 Å². The summed E-state index contributed by atoms with van der Waals surface area (Å²) in [6, 6.07) is 45.4. The van der Waals surface area contributed by atoms with Crippen molar-refractivity contribution in [3.8, 4) is 33.4 Å². The van der Waals surface area contributed by atoms with Gasteiger partial charge in [-0.15, -0.1) is 0 Å². The van der Waals surface area contributed by atoms with Crippen molar-refractivity contribution in [3.63, 3.8) is 0 Å². The highest BCUT2D eigenvalue weighted by Gasteiger charge is 2.26. The molecule has 8 aromatic carbocycles. The minimum absolute atomic E-state index is 1.26. The van der Waals surface area contributed by atoms with E-state index in [2.05, 4.69) is 121 Å². The lowest BCUT2D eigenvalue weighted by Crippen LogP contribution is -1.98. The molecule has 0 amide bonds. The van der Waals surface area contributed by atoms with Crippen LogP contribution in [0.25, 0.3) is 76.5 Å². The molecule has 0 N–H and O–H groups in total. The highest BCUT2D eigenvalue weighted by atomic mass is 32.2. The molecule has 10 rings (SSSR count). The van der Waals surface area contributed by atoms with Crippen molar-refractivity contribution < 1.29 is 0 Å². The SMILES string of the molecule is c1ccc(-c2ccc3c(c2)Sc2ccc4c5ccc6c7c(ccc(c8ccc-3c2c48)c75)Sc2ccccc2-6)cc1. The minimum atomic E-state index is 1.26. The number of benzene rings is 8. The summed E-state index contributed by atoms with van der Waals surface area (Å²) >= 11 is 3.82. The Morgan fingerprint density at radius 1 is 0.300 bits per heavy atom. The third kappa shape index (κ3) is 2.70. The van der Waals surface area contributed by atoms with Gasteiger partial charge >= 0.3 is 0 Å². The summed E-state index contributed by atoms with van der Waals surface area (Å²) in [6.45, 7) is 0. The molecule has 184 valence electrons. The zero-order chi connectivity index (χ0) is 25.9. The van der Waals surface area contributed by atoms with Crippen LogP contribution in [0.2, 0.25) is 0 Å². The fourth-order valence-electron chi connectivity index (χ4n) is 7.10. The third-order valence-corrected chi connectivity index (χ3v) is 11.1. The van der Waals surface area contributed by atoms with Crippen LogP contribution in [0.5, 0.6) is 0 Å². The van der Waals surface area contributed by atoms with Gasteiger partial charge < -0.3 is 0 Å². The average Bonchev–Trinajstić information content (AvgIpc) is 3.02. The maximum atomic E-state index is 2.38. The molecular formula is C38H20S2. The Hall–Kier alpha value is -4.24. The summed E-state index contributed by atoms with van der Waals surface area (Å²) in [5.74, 6) is 0. The number of hydrogen-bond acceptors (Lipinski definition) is 2. The molecule has 0 aliphatic carbocycles. The zero-order valence-corrected chi connectivity index (χ0v) is 23.0. The van der Waals surface area contributed by atoms with Crippen LogP contribution in [0.4, 0.5) is 0 Å². The molecule has 40 heavy (non-hydrogen) atoms. The predicted octanol–water partition coefficient (Wildman–Crippen LogP) is 11.7. The molecule has 2 heterocycles. The van der Waals surface area contributed by atoms with Gasteiger partial charge in [0.05, 0.1) is 0 Å². The molecule has 0 bridgehead atoms. The van der Waals surface area contributed by atoms with Crippen LogP contribution in [0.1, 0.15) is 0 Å². The topological polar surface area (TPSA) is 0 Å². The lowest BCUT2D eigenvalue weighted by atomic mass is 9.85.